The number of ether oxygens (including phenoxy) is 1. The number of carbonyl (C=O) groups excluding carboxylic acids is 2. The van der Waals surface area contributed by atoms with E-state index in [0.717, 1.165) is 6.33 Å². The van der Waals surface area contributed by atoms with Crippen LogP contribution in [0.2, 0.25) is 0 Å². The van der Waals surface area contributed by atoms with Crippen LogP contribution < -0.4 is 16.0 Å². The van der Waals surface area contributed by atoms with Crippen molar-refractivity contribution in [2.45, 2.75) is 36.4 Å². The number of fused-ring (bicyclic) bond motifs is 1. The normalized spacial score (nSPS) is 20.8. The number of likely N-dealkylation sites (N-methyl/N-ethyl adjacent to an activating group) is 1. The summed E-state index contributed by atoms with van der Waals surface area (Å²) in [5.41, 5.74) is 0.608. The van der Waals surface area contributed by atoms with Crippen molar-refractivity contribution in [2.75, 3.05) is 42.0 Å². The molecule has 3 heterocycles. The Hall–Kier alpha value is -3.12. The van der Waals surface area contributed by atoms with E-state index in [0.29, 0.717) is 12.2 Å². The summed E-state index contributed by atoms with van der Waals surface area (Å²) < 4.78 is 33.8. The molecule has 222 valence electrons. The lowest BCUT2D eigenvalue weighted by Gasteiger charge is -2.20. The summed E-state index contributed by atoms with van der Waals surface area (Å²) in [6, 6.07) is 4.84. The highest BCUT2D eigenvalue weighted by molar-refractivity contribution is 7.89. The molecule has 0 saturated carbocycles. The molecule has 18 heteroatoms. The highest BCUT2D eigenvalue weighted by Crippen LogP contribution is 2.32. The Balaban J connectivity index is 1.47. The molecule has 2 aromatic heterocycles. The van der Waals surface area contributed by atoms with Gasteiger partial charge in [0.15, 0.2) is 29.3 Å². The fourth-order valence-corrected chi connectivity index (χ4v) is 6.23. The zero-order valence-electron chi connectivity index (χ0n) is 21.6. The minimum absolute atomic E-state index is 0.0117. The van der Waals surface area contributed by atoms with Gasteiger partial charge in [0.1, 0.15) is 18.5 Å². The van der Waals surface area contributed by atoms with Crippen LogP contribution in [0.1, 0.15) is 13.2 Å². The number of rotatable bonds is 11. The first-order valence-electron chi connectivity index (χ1n) is 12.4. The van der Waals surface area contributed by atoms with Gasteiger partial charge in [-0.15, -0.1) is 23.2 Å². The number of halogens is 2. The van der Waals surface area contributed by atoms with Crippen molar-refractivity contribution in [2.24, 2.45) is 0 Å². The number of nitrogens with one attached hydrogen (secondary N) is 3. The van der Waals surface area contributed by atoms with Gasteiger partial charge in [-0.1, -0.05) is 0 Å². The summed E-state index contributed by atoms with van der Waals surface area (Å²) in [7, 11) is -3.82. The van der Waals surface area contributed by atoms with Crippen LogP contribution in [-0.2, 0) is 19.6 Å². The number of alkyl halides is 2. The quantitative estimate of drug-likeness (QED) is 0.188. The average Bonchev–Trinajstić information content (AvgIpc) is 3.50. The van der Waals surface area contributed by atoms with E-state index in [1.165, 1.54) is 39.5 Å². The molecule has 1 aromatic carbocycles. The summed E-state index contributed by atoms with van der Waals surface area (Å²) >= 11 is 11.4. The molecule has 41 heavy (non-hydrogen) atoms. The topological polar surface area (TPSA) is 201 Å². The molecule has 0 bridgehead atoms. The number of carbonyl (C=O) groups is 2. The van der Waals surface area contributed by atoms with E-state index in [4.69, 9.17) is 27.9 Å². The fourth-order valence-electron chi connectivity index (χ4n) is 4.18. The molecule has 15 nitrogen and oxygen atoms in total. The van der Waals surface area contributed by atoms with Crippen LogP contribution in [0.25, 0.3) is 11.2 Å². The molecule has 0 radical (unpaired) electrons. The number of hydrogen-bond acceptors (Lipinski definition) is 10. The second-order valence-corrected chi connectivity index (χ2v) is 11.4. The number of aliphatic hydroxyl groups is 2. The minimum atomic E-state index is -3.82. The first-order chi connectivity index (χ1) is 19.6. The molecule has 1 saturated heterocycles. The molecular weight excluding hydrogens is 603 g/mol. The zero-order valence-corrected chi connectivity index (χ0v) is 24.0. The molecule has 0 aliphatic carbocycles. The first kappa shape index (κ1) is 30.8. The Labute approximate surface area is 244 Å². The van der Waals surface area contributed by atoms with E-state index in [1.807, 2.05) is 0 Å². The average molecular weight is 631 g/mol. The van der Waals surface area contributed by atoms with Gasteiger partial charge in [0.2, 0.25) is 10.0 Å². The number of amides is 3. The van der Waals surface area contributed by atoms with E-state index in [-0.39, 0.29) is 46.7 Å². The number of hydrogen-bond donors (Lipinski definition) is 5. The van der Waals surface area contributed by atoms with Crippen LogP contribution in [-0.4, -0.2) is 104 Å². The zero-order chi connectivity index (χ0) is 29.7. The first-order valence-corrected chi connectivity index (χ1v) is 14.9. The highest BCUT2D eigenvalue weighted by Gasteiger charge is 2.47. The lowest BCUT2D eigenvalue weighted by atomic mass is 10.1. The van der Waals surface area contributed by atoms with Crippen molar-refractivity contribution in [1.29, 1.82) is 0 Å². The molecule has 1 unspecified atom stereocenters. The summed E-state index contributed by atoms with van der Waals surface area (Å²) in [6.45, 7) is 2.22. The third kappa shape index (κ3) is 6.53. The van der Waals surface area contributed by atoms with Crippen molar-refractivity contribution < 1.29 is 33.0 Å². The Kier molecular flexibility index (Phi) is 9.96. The van der Waals surface area contributed by atoms with Gasteiger partial charge in [-0.3, -0.25) is 14.7 Å². The number of sulfonamides is 1. The van der Waals surface area contributed by atoms with Crippen molar-refractivity contribution in [3.63, 3.8) is 0 Å². The Morgan fingerprint density at radius 1 is 1.05 bits per heavy atom. The largest absolute Gasteiger partial charge is 0.387 e. The molecule has 3 amide bonds. The Morgan fingerprint density at radius 3 is 2.37 bits per heavy atom. The van der Waals surface area contributed by atoms with Crippen LogP contribution in [0.5, 0.6) is 0 Å². The summed E-state index contributed by atoms with van der Waals surface area (Å²) in [4.78, 5) is 37.3. The van der Waals surface area contributed by atoms with Crippen molar-refractivity contribution >= 4 is 67.8 Å². The second kappa shape index (κ2) is 13.2. The standard InChI is InChI=1S/C23H28Cl2N8O7S/c1-2-26-21(36)18-16(34)17(35)22(40-18)33-12-29-15-19(27-11-28-20(15)33)31-23(37)30-13-3-5-14(6-4-13)41(38,39)32(9-7-24)10-8-25/h3-6,11-12,16-18,22,34-35H,2,7-10H2,1H3,(H,26,36)(H2,27,28,30,31,37)/t16-,17+,18-,22?/m0/s1. The Bertz CT molecular complexity index is 1480. The maximum atomic E-state index is 12.9. The number of urea groups is 1. The number of aliphatic hydroxyl groups excluding tert-OH is 2. The van der Waals surface area contributed by atoms with E-state index in [1.54, 1.807) is 6.92 Å². The van der Waals surface area contributed by atoms with Crippen LogP contribution >= 0.6 is 23.2 Å². The van der Waals surface area contributed by atoms with Gasteiger partial charge in [-0.2, -0.15) is 4.31 Å². The second-order valence-electron chi connectivity index (χ2n) is 8.75. The molecule has 4 rings (SSSR count). The van der Waals surface area contributed by atoms with E-state index < -0.39 is 46.5 Å². The van der Waals surface area contributed by atoms with Gasteiger partial charge in [-0.25, -0.2) is 28.2 Å². The van der Waals surface area contributed by atoms with Crippen LogP contribution in [0.4, 0.5) is 16.3 Å². The van der Waals surface area contributed by atoms with Gasteiger partial charge in [0.25, 0.3) is 5.91 Å². The van der Waals surface area contributed by atoms with Crippen LogP contribution in [0, 0.1) is 0 Å². The lowest BCUT2D eigenvalue weighted by molar-refractivity contribution is -0.137. The molecule has 4 atom stereocenters. The number of nitrogens with zero attached hydrogens (tertiary/aromatic N) is 5. The molecule has 0 spiro atoms. The predicted octanol–water partition coefficient (Wildman–Crippen LogP) is 0.694. The summed E-state index contributed by atoms with van der Waals surface area (Å²) in [5, 5.41) is 28.5. The van der Waals surface area contributed by atoms with Gasteiger partial charge >= 0.3 is 6.03 Å². The maximum absolute atomic E-state index is 12.9. The number of aromatic nitrogens is 4. The van der Waals surface area contributed by atoms with E-state index in [2.05, 4.69) is 30.9 Å². The Morgan fingerprint density at radius 2 is 1.73 bits per heavy atom. The van der Waals surface area contributed by atoms with Crippen LogP contribution in [0.15, 0.2) is 41.8 Å². The van der Waals surface area contributed by atoms with E-state index >= 15 is 0 Å². The SMILES string of the molecule is CCNC(=O)[C@H]1OC(n2cnc3c(NC(=O)Nc4ccc(S(=O)(=O)N(CCCl)CCCl)cc4)ncnc32)[C@H](O)[C@@H]1O. The summed E-state index contributed by atoms with van der Waals surface area (Å²) in [6.07, 6.45) is -3.00. The van der Waals surface area contributed by atoms with Crippen molar-refractivity contribution in [3.8, 4) is 0 Å². The smallest absolute Gasteiger partial charge is 0.324 e. The number of benzene rings is 1. The van der Waals surface area contributed by atoms with Gasteiger partial charge in [0, 0.05) is 37.1 Å². The van der Waals surface area contributed by atoms with Gasteiger partial charge in [0.05, 0.1) is 11.2 Å². The third-order valence-corrected chi connectivity index (χ3v) is 8.38. The van der Waals surface area contributed by atoms with Gasteiger partial charge < -0.3 is 25.6 Å². The fraction of sp³-hybridized carbons (Fsp3) is 0.435. The maximum Gasteiger partial charge on any atom is 0.324 e. The number of anilines is 2. The van der Waals surface area contributed by atoms with Crippen LogP contribution in [0.3, 0.4) is 0 Å². The minimum Gasteiger partial charge on any atom is -0.387 e. The predicted molar refractivity (Wildman–Crippen MR) is 149 cm³/mol. The lowest BCUT2D eigenvalue weighted by Crippen LogP contribution is -2.42. The summed E-state index contributed by atoms with van der Waals surface area (Å²) in [5.74, 6) is -0.334. The molecule has 1 fully saturated rings. The number of imidazole rings is 1. The van der Waals surface area contributed by atoms with E-state index in [9.17, 15) is 28.2 Å². The molecule has 1 aliphatic rings. The molecule has 1 aliphatic heterocycles. The molecular formula is C23H28Cl2N8O7S. The van der Waals surface area contributed by atoms with Crippen molar-refractivity contribution in [1.82, 2.24) is 29.1 Å². The monoisotopic (exact) mass is 630 g/mol. The van der Waals surface area contributed by atoms with Gasteiger partial charge in [-0.05, 0) is 31.2 Å². The third-order valence-electron chi connectivity index (χ3n) is 6.13. The highest BCUT2D eigenvalue weighted by atomic mass is 35.5. The molecule has 3 aromatic rings. The molecule has 5 N–H and O–H groups in total. The van der Waals surface area contributed by atoms with Crippen molar-refractivity contribution in [3.05, 3.63) is 36.9 Å².